The Bertz CT molecular complexity index is 218. The van der Waals surface area contributed by atoms with Gasteiger partial charge in [-0.25, -0.2) is 0 Å². The first-order valence-electron chi connectivity index (χ1n) is 6.40. The van der Waals surface area contributed by atoms with E-state index in [0.717, 1.165) is 11.8 Å². The van der Waals surface area contributed by atoms with Crippen LogP contribution in [0, 0.1) is 11.8 Å². The van der Waals surface area contributed by atoms with Gasteiger partial charge in [-0.2, -0.15) is 0 Å². The van der Waals surface area contributed by atoms with E-state index in [4.69, 9.17) is 4.74 Å². The van der Waals surface area contributed by atoms with Gasteiger partial charge in [0.05, 0.1) is 12.6 Å². The van der Waals surface area contributed by atoms with Crippen molar-refractivity contribution in [2.45, 2.75) is 59.1 Å². The number of ether oxygens (including phenoxy) is 1. The van der Waals surface area contributed by atoms with Crippen molar-refractivity contribution in [3.8, 4) is 0 Å². The molecule has 0 saturated heterocycles. The monoisotopic (exact) mass is 227 g/mol. The van der Waals surface area contributed by atoms with Crippen molar-refractivity contribution in [2.75, 3.05) is 6.54 Å². The molecule has 1 fully saturated rings. The van der Waals surface area contributed by atoms with Gasteiger partial charge in [-0.15, -0.1) is 0 Å². The highest BCUT2D eigenvalue weighted by atomic mass is 16.5. The van der Waals surface area contributed by atoms with Crippen LogP contribution in [0.15, 0.2) is 0 Å². The van der Waals surface area contributed by atoms with Crippen LogP contribution in [0.3, 0.4) is 0 Å². The molecular weight excluding hydrogens is 202 g/mol. The smallest absolute Gasteiger partial charge is 0.320 e. The van der Waals surface area contributed by atoms with Crippen LogP contribution < -0.4 is 5.32 Å². The van der Waals surface area contributed by atoms with Crippen LogP contribution in [0.5, 0.6) is 0 Å². The van der Waals surface area contributed by atoms with Crippen molar-refractivity contribution >= 4 is 5.97 Å². The molecule has 16 heavy (non-hydrogen) atoms. The van der Waals surface area contributed by atoms with Crippen molar-refractivity contribution in [3.05, 3.63) is 0 Å². The summed E-state index contributed by atoms with van der Waals surface area (Å²) in [6, 6.07) is 0.485. The van der Waals surface area contributed by atoms with Crippen LogP contribution in [0.25, 0.3) is 0 Å². The standard InChI is InChI=1S/C13H25NO2/c1-9(2)16-13(15)8-14-12-6-10(3)5-11(4)7-12/h9-12,14H,5-8H2,1-4H3. The highest BCUT2D eigenvalue weighted by Gasteiger charge is 2.24. The molecule has 0 aromatic rings. The lowest BCUT2D eigenvalue weighted by Crippen LogP contribution is -2.39. The Labute approximate surface area is 98.9 Å². The molecule has 2 atom stereocenters. The van der Waals surface area contributed by atoms with Crippen molar-refractivity contribution in [2.24, 2.45) is 11.8 Å². The summed E-state index contributed by atoms with van der Waals surface area (Å²) in [4.78, 5) is 11.4. The van der Waals surface area contributed by atoms with Gasteiger partial charge in [0, 0.05) is 6.04 Å². The summed E-state index contributed by atoms with van der Waals surface area (Å²) in [5.41, 5.74) is 0. The van der Waals surface area contributed by atoms with E-state index in [9.17, 15) is 4.79 Å². The topological polar surface area (TPSA) is 38.3 Å². The fourth-order valence-corrected chi connectivity index (χ4v) is 2.65. The van der Waals surface area contributed by atoms with E-state index in [0.29, 0.717) is 12.6 Å². The molecule has 0 spiro atoms. The molecule has 0 amide bonds. The Morgan fingerprint density at radius 3 is 2.31 bits per heavy atom. The molecule has 1 aliphatic carbocycles. The Morgan fingerprint density at radius 1 is 1.25 bits per heavy atom. The van der Waals surface area contributed by atoms with Crippen molar-refractivity contribution in [1.29, 1.82) is 0 Å². The van der Waals surface area contributed by atoms with E-state index in [1.54, 1.807) is 0 Å². The van der Waals surface area contributed by atoms with Crippen LogP contribution in [-0.2, 0) is 9.53 Å². The van der Waals surface area contributed by atoms with Crippen LogP contribution in [0.2, 0.25) is 0 Å². The maximum absolute atomic E-state index is 11.4. The van der Waals surface area contributed by atoms with Gasteiger partial charge in [0.15, 0.2) is 0 Å². The average molecular weight is 227 g/mol. The molecular formula is C13H25NO2. The zero-order valence-electron chi connectivity index (χ0n) is 11.0. The lowest BCUT2D eigenvalue weighted by atomic mass is 9.80. The third-order valence-corrected chi connectivity index (χ3v) is 3.08. The minimum Gasteiger partial charge on any atom is -0.462 e. The minimum atomic E-state index is -0.138. The number of hydrogen-bond donors (Lipinski definition) is 1. The van der Waals surface area contributed by atoms with E-state index < -0.39 is 0 Å². The molecule has 0 aliphatic heterocycles. The van der Waals surface area contributed by atoms with E-state index in [2.05, 4.69) is 19.2 Å². The third-order valence-electron chi connectivity index (χ3n) is 3.08. The predicted octanol–water partition coefficient (Wildman–Crippen LogP) is 2.35. The number of carbonyl (C=O) groups excluding carboxylic acids is 1. The fraction of sp³-hybridized carbons (Fsp3) is 0.923. The van der Waals surface area contributed by atoms with E-state index >= 15 is 0 Å². The van der Waals surface area contributed by atoms with Crippen LogP contribution in [0.1, 0.15) is 47.0 Å². The molecule has 0 aromatic heterocycles. The quantitative estimate of drug-likeness (QED) is 0.749. The van der Waals surface area contributed by atoms with Crippen molar-refractivity contribution in [3.63, 3.8) is 0 Å². The fourth-order valence-electron chi connectivity index (χ4n) is 2.65. The summed E-state index contributed by atoms with van der Waals surface area (Å²) in [6.45, 7) is 8.68. The number of esters is 1. The Kier molecular flexibility index (Phi) is 5.26. The zero-order valence-corrected chi connectivity index (χ0v) is 11.0. The van der Waals surface area contributed by atoms with Gasteiger partial charge in [-0.3, -0.25) is 4.79 Å². The van der Waals surface area contributed by atoms with Gasteiger partial charge in [-0.05, 0) is 44.9 Å². The van der Waals surface area contributed by atoms with Crippen molar-refractivity contribution in [1.82, 2.24) is 5.32 Å². The largest absolute Gasteiger partial charge is 0.462 e. The van der Waals surface area contributed by atoms with Gasteiger partial charge in [-0.1, -0.05) is 13.8 Å². The molecule has 0 bridgehead atoms. The first-order chi connectivity index (χ1) is 7.47. The first kappa shape index (κ1) is 13.5. The summed E-state index contributed by atoms with van der Waals surface area (Å²) in [5, 5.41) is 3.31. The molecule has 3 heteroatoms. The highest BCUT2D eigenvalue weighted by molar-refractivity contribution is 5.71. The Balaban J connectivity index is 2.24. The second-order valence-electron chi connectivity index (χ2n) is 5.53. The normalized spacial score (nSPS) is 30.4. The first-order valence-corrected chi connectivity index (χ1v) is 6.40. The van der Waals surface area contributed by atoms with Gasteiger partial charge in [0.2, 0.25) is 0 Å². The SMILES string of the molecule is CC1CC(C)CC(NCC(=O)OC(C)C)C1. The lowest BCUT2D eigenvalue weighted by molar-refractivity contribution is -0.146. The minimum absolute atomic E-state index is 0.0153. The summed E-state index contributed by atoms with van der Waals surface area (Å²) in [5.74, 6) is 1.39. The maximum Gasteiger partial charge on any atom is 0.320 e. The summed E-state index contributed by atoms with van der Waals surface area (Å²) in [6.07, 6.45) is 3.66. The molecule has 1 saturated carbocycles. The van der Waals surface area contributed by atoms with Crippen LogP contribution >= 0.6 is 0 Å². The molecule has 1 aliphatic rings. The third kappa shape index (κ3) is 4.97. The average Bonchev–Trinajstić information content (AvgIpc) is 2.12. The lowest BCUT2D eigenvalue weighted by Gasteiger charge is -2.31. The van der Waals surface area contributed by atoms with Gasteiger partial charge >= 0.3 is 5.97 Å². The summed E-state index contributed by atoms with van der Waals surface area (Å²) < 4.78 is 5.09. The summed E-state index contributed by atoms with van der Waals surface area (Å²) >= 11 is 0. The number of rotatable bonds is 4. The molecule has 2 unspecified atom stereocenters. The molecule has 94 valence electrons. The zero-order chi connectivity index (χ0) is 12.1. The second-order valence-corrected chi connectivity index (χ2v) is 5.53. The van der Waals surface area contributed by atoms with E-state index in [1.807, 2.05) is 13.8 Å². The summed E-state index contributed by atoms with van der Waals surface area (Å²) in [7, 11) is 0. The van der Waals surface area contributed by atoms with Crippen LogP contribution in [0.4, 0.5) is 0 Å². The Morgan fingerprint density at radius 2 is 1.81 bits per heavy atom. The molecule has 1 N–H and O–H groups in total. The van der Waals surface area contributed by atoms with Crippen LogP contribution in [-0.4, -0.2) is 24.7 Å². The van der Waals surface area contributed by atoms with E-state index in [1.165, 1.54) is 19.3 Å². The van der Waals surface area contributed by atoms with Gasteiger partial charge in [0.1, 0.15) is 0 Å². The van der Waals surface area contributed by atoms with Crippen molar-refractivity contribution < 1.29 is 9.53 Å². The molecule has 1 rings (SSSR count). The molecule has 0 heterocycles. The van der Waals surface area contributed by atoms with Gasteiger partial charge in [0.25, 0.3) is 0 Å². The molecule has 0 radical (unpaired) electrons. The number of nitrogens with one attached hydrogen (secondary N) is 1. The number of hydrogen-bond acceptors (Lipinski definition) is 3. The Hall–Kier alpha value is -0.570. The maximum atomic E-state index is 11.4. The van der Waals surface area contributed by atoms with E-state index in [-0.39, 0.29) is 12.1 Å². The predicted molar refractivity (Wildman–Crippen MR) is 65.2 cm³/mol. The highest BCUT2D eigenvalue weighted by Crippen LogP contribution is 2.28. The molecule has 0 aromatic carbocycles. The second kappa shape index (κ2) is 6.24. The molecule has 3 nitrogen and oxygen atoms in total. The van der Waals surface area contributed by atoms with Gasteiger partial charge < -0.3 is 10.1 Å². The number of carbonyl (C=O) groups is 1.